The fraction of sp³-hybridized carbons (Fsp3) is 0.150. The van der Waals surface area contributed by atoms with Crippen molar-refractivity contribution in [1.82, 2.24) is 15.2 Å². The average Bonchev–Trinajstić information content (AvgIpc) is 3.07. The first kappa shape index (κ1) is 22.0. The minimum absolute atomic E-state index is 0. The number of aromatic amines is 1. The number of hydrogen-bond acceptors (Lipinski definition) is 6. The van der Waals surface area contributed by atoms with Crippen LogP contribution in [0.2, 0.25) is 5.02 Å². The van der Waals surface area contributed by atoms with E-state index >= 15 is 0 Å². The first-order chi connectivity index (χ1) is 13.3. The summed E-state index contributed by atoms with van der Waals surface area (Å²) in [5, 5.41) is 21.2. The van der Waals surface area contributed by atoms with E-state index in [1.54, 1.807) is 19.1 Å². The summed E-state index contributed by atoms with van der Waals surface area (Å²) in [7, 11) is 3.91. The van der Waals surface area contributed by atoms with Crippen LogP contribution in [0.1, 0.15) is 5.89 Å². The van der Waals surface area contributed by atoms with Crippen LogP contribution in [0.3, 0.4) is 0 Å². The first-order valence-electron chi connectivity index (χ1n) is 8.50. The number of nitrogens with one attached hydrogen (secondary N) is 1. The maximum atomic E-state index is 13.0. The summed E-state index contributed by atoms with van der Waals surface area (Å²) in [6.45, 7) is 1.59. The fourth-order valence-electron chi connectivity index (χ4n) is 3.04. The van der Waals surface area contributed by atoms with Crippen LogP contribution in [0.15, 0.2) is 45.6 Å². The van der Waals surface area contributed by atoms with Gasteiger partial charge in [-0.3, -0.25) is 4.79 Å². The molecule has 4 rings (SSSR count). The largest absolute Gasteiger partial charge is 1.00 e. The topological polar surface area (TPSA) is 98.1 Å². The van der Waals surface area contributed by atoms with Crippen molar-refractivity contribution in [2.24, 2.45) is 0 Å². The molecule has 0 saturated carbocycles. The molecule has 2 heterocycles. The van der Waals surface area contributed by atoms with Crippen LogP contribution in [0, 0.1) is 6.92 Å². The van der Waals surface area contributed by atoms with E-state index < -0.39 is 11.3 Å². The second kappa shape index (κ2) is 8.59. The summed E-state index contributed by atoms with van der Waals surface area (Å²) in [6.07, 6.45) is 0. The summed E-state index contributed by atoms with van der Waals surface area (Å²) in [6, 6.07) is 11.0. The number of pyridine rings is 1. The monoisotopic (exact) mass is 434 g/mol. The van der Waals surface area contributed by atoms with Gasteiger partial charge in [-0.15, -0.1) is 10.2 Å². The third-order valence-electron chi connectivity index (χ3n) is 4.49. The van der Waals surface area contributed by atoms with E-state index in [1.165, 1.54) is 0 Å². The van der Waals surface area contributed by atoms with Gasteiger partial charge in [-0.05, 0) is 35.2 Å². The zero-order valence-electron chi connectivity index (χ0n) is 16.4. The molecular weight excluding hydrogens is 419 g/mol. The number of rotatable bonds is 3. The smallest absolute Gasteiger partial charge is 0.871 e. The van der Waals surface area contributed by atoms with E-state index in [0.717, 1.165) is 11.3 Å². The van der Waals surface area contributed by atoms with Gasteiger partial charge >= 0.3 is 51.4 Å². The Morgan fingerprint density at radius 1 is 1.14 bits per heavy atom. The van der Waals surface area contributed by atoms with Gasteiger partial charge in [0.05, 0.1) is 10.6 Å². The summed E-state index contributed by atoms with van der Waals surface area (Å²) in [5.41, 5.74) is 2.18. The number of benzene rings is 2. The van der Waals surface area contributed by atoms with Crippen molar-refractivity contribution in [3.63, 3.8) is 0 Å². The maximum absolute atomic E-state index is 13.0. The molecule has 0 saturated heterocycles. The molecule has 9 heteroatoms. The van der Waals surface area contributed by atoms with Crippen molar-refractivity contribution in [2.75, 3.05) is 19.0 Å². The van der Waals surface area contributed by atoms with Gasteiger partial charge in [0, 0.05) is 37.8 Å². The van der Waals surface area contributed by atoms with Gasteiger partial charge in [-0.2, -0.15) is 0 Å². The Labute approximate surface area is 214 Å². The van der Waals surface area contributed by atoms with Crippen LogP contribution in [0.4, 0.5) is 5.69 Å². The molecule has 0 spiro atoms. The number of fused-ring (bicyclic) bond motifs is 1. The van der Waals surface area contributed by atoms with Crippen molar-refractivity contribution >= 4 is 28.2 Å². The Morgan fingerprint density at radius 2 is 1.83 bits per heavy atom. The predicted molar refractivity (Wildman–Crippen MR) is 107 cm³/mol. The second-order valence-electron chi connectivity index (χ2n) is 6.60. The molecule has 7 nitrogen and oxygen atoms in total. The quantitative estimate of drug-likeness (QED) is 0.467. The van der Waals surface area contributed by atoms with Crippen LogP contribution < -0.4 is 67.0 Å². The molecular formula is C20H16ClKN4O3. The molecule has 0 atom stereocenters. The van der Waals surface area contributed by atoms with Crippen LogP contribution in [0.25, 0.3) is 33.5 Å². The number of anilines is 1. The molecule has 0 aliphatic carbocycles. The zero-order chi connectivity index (χ0) is 20.0. The number of nitrogens with zero attached hydrogens (tertiary/aromatic N) is 3. The van der Waals surface area contributed by atoms with Gasteiger partial charge in [-0.25, -0.2) is 0 Å². The number of hydrogen-bond donors (Lipinski definition) is 1. The molecule has 0 fully saturated rings. The SMILES string of the molecule is Cc1nnc(-c2c([O-])c3cc(-c4ccc(N(C)C)cc4)c(Cl)cc3[nH]c2=O)o1.[K+]. The second-order valence-corrected chi connectivity index (χ2v) is 7.01. The molecule has 0 unspecified atom stereocenters. The molecule has 29 heavy (non-hydrogen) atoms. The van der Waals surface area contributed by atoms with E-state index in [0.29, 0.717) is 21.5 Å². The number of aromatic nitrogens is 3. The Kier molecular flexibility index (Phi) is 6.52. The van der Waals surface area contributed by atoms with Crippen molar-refractivity contribution in [1.29, 1.82) is 0 Å². The Bertz CT molecular complexity index is 1250. The molecule has 0 amide bonds. The Hall–Kier alpha value is -1.68. The van der Waals surface area contributed by atoms with Gasteiger partial charge in [0.2, 0.25) is 5.89 Å². The van der Waals surface area contributed by atoms with E-state index in [1.807, 2.05) is 43.3 Å². The minimum atomic E-state index is -0.597. The van der Waals surface area contributed by atoms with Crippen molar-refractivity contribution < 1.29 is 60.9 Å². The average molecular weight is 435 g/mol. The molecule has 4 aromatic rings. The number of H-pyrrole nitrogens is 1. The van der Waals surface area contributed by atoms with E-state index in [4.69, 9.17) is 16.0 Å². The van der Waals surface area contributed by atoms with Gasteiger partial charge in [-0.1, -0.05) is 29.5 Å². The van der Waals surface area contributed by atoms with E-state index in [2.05, 4.69) is 15.2 Å². The molecule has 0 aliphatic rings. The van der Waals surface area contributed by atoms with Crippen LogP contribution >= 0.6 is 11.6 Å². The van der Waals surface area contributed by atoms with Crippen LogP contribution in [-0.2, 0) is 0 Å². The summed E-state index contributed by atoms with van der Waals surface area (Å²) in [5.74, 6) is -0.311. The van der Waals surface area contributed by atoms with Crippen molar-refractivity contribution in [3.05, 3.63) is 57.7 Å². The molecule has 0 radical (unpaired) electrons. The van der Waals surface area contributed by atoms with Crippen molar-refractivity contribution in [3.8, 4) is 28.3 Å². The molecule has 2 aromatic carbocycles. The van der Waals surface area contributed by atoms with Crippen LogP contribution in [0.5, 0.6) is 5.75 Å². The van der Waals surface area contributed by atoms with E-state index in [9.17, 15) is 9.90 Å². The normalized spacial score (nSPS) is 10.8. The first-order valence-corrected chi connectivity index (χ1v) is 8.87. The number of aryl methyl sites for hydroxylation is 1. The molecule has 0 aliphatic heterocycles. The standard InChI is InChI=1S/C20H17ClN4O3.K/c1-10-23-24-20(28-10)17-18(26)14-8-13(15(21)9-16(14)22-19(17)27)11-4-6-12(7-5-11)25(2)3;/h4-9H,1-3H3,(H2,22,26,27);/q;+1/p-1. The summed E-state index contributed by atoms with van der Waals surface area (Å²) < 4.78 is 5.28. The van der Waals surface area contributed by atoms with Gasteiger partial charge in [0.15, 0.2) is 0 Å². The van der Waals surface area contributed by atoms with Gasteiger partial charge in [0.25, 0.3) is 11.4 Å². The molecule has 2 aromatic heterocycles. The van der Waals surface area contributed by atoms with E-state index in [-0.39, 0.29) is 68.7 Å². The molecule has 0 bridgehead atoms. The molecule has 142 valence electrons. The summed E-state index contributed by atoms with van der Waals surface area (Å²) >= 11 is 6.43. The third-order valence-corrected chi connectivity index (χ3v) is 4.80. The summed E-state index contributed by atoms with van der Waals surface area (Å²) in [4.78, 5) is 17.1. The predicted octanol–water partition coefficient (Wildman–Crippen LogP) is 0.351. The fourth-order valence-corrected chi connectivity index (χ4v) is 3.31. The third kappa shape index (κ3) is 4.14. The minimum Gasteiger partial charge on any atom is -0.871 e. The molecule has 1 N–H and O–H groups in total. The van der Waals surface area contributed by atoms with Gasteiger partial charge < -0.3 is 19.4 Å². The Balaban J connectivity index is 0.00000240. The maximum Gasteiger partial charge on any atom is 1.00 e. The van der Waals surface area contributed by atoms with Crippen LogP contribution in [-0.4, -0.2) is 29.3 Å². The van der Waals surface area contributed by atoms with Crippen molar-refractivity contribution in [2.45, 2.75) is 6.92 Å². The zero-order valence-corrected chi connectivity index (χ0v) is 20.3. The number of halogens is 1. The Morgan fingerprint density at radius 3 is 2.41 bits per heavy atom. The van der Waals surface area contributed by atoms with Gasteiger partial charge in [0.1, 0.15) is 0 Å².